The maximum Gasteiger partial charge on any atom is 0.0120 e. The number of likely N-dealkylation sites (tertiary alicyclic amines) is 2. The fourth-order valence-corrected chi connectivity index (χ4v) is 2.89. The van der Waals surface area contributed by atoms with E-state index in [9.17, 15) is 0 Å². The van der Waals surface area contributed by atoms with Crippen LogP contribution in [0.2, 0.25) is 0 Å². The Kier molecular flexibility index (Phi) is 3.45. The second-order valence-electron chi connectivity index (χ2n) is 5.09. The Morgan fingerprint density at radius 2 is 1.79 bits per heavy atom. The number of hydrogen-bond acceptors (Lipinski definition) is 2. The maximum absolute atomic E-state index is 2.75. The molecule has 0 saturated carbocycles. The van der Waals surface area contributed by atoms with Crippen LogP contribution in [0.3, 0.4) is 0 Å². The lowest BCUT2D eigenvalue weighted by molar-refractivity contribution is 0.139. The van der Waals surface area contributed by atoms with Crippen LogP contribution in [0.4, 0.5) is 0 Å². The van der Waals surface area contributed by atoms with Gasteiger partial charge < -0.3 is 9.80 Å². The zero-order valence-electron chi connectivity index (χ0n) is 9.71. The average molecular weight is 196 g/mol. The van der Waals surface area contributed by atoms with Crippen LogP contribution in [-0.2, 0) is 0 Å². The third-order valence-corrected chi connectivity index (χ3v) is 4.10. The van der Waals surface area contributed by atoms with Crippen molar-refractivity contribution in [3.63, 3.8) is 0 Å². The molecule has 0 unspecified atom stereocenters. The van der Waals surface area contributed by atoms with Gasteiger partial charge in [-0.1, -0.05) is 13.3 Å². The van der Waals surface area contributed by atoms with Crippen LogP contribution in [0.5, 0.6) is 0 Å². The van der Waals surface area contributed by atoms with Gasteiger partial charge in [0.25, 0.3) is 0 Å². The lowest BCUT2D eigenvalue weighted by Gasteiger charge is -2.35. The van der Waals surface area contributed by atoms with Crippen molar-refractivity contribution >= 4 is 0 Å². The summed E-state index contributed by atoms with van der Waals surface area (Å²) in [4.78, 5) is 5.21. The van der Waals surface area contributed by atoms with Crippen molar-refractivity contribution in [2.45, 2.75) is 38.6 Å². The molecule has 0 aromatic carbocycles. The summed E-state index contributed by atoms with van der Waals surface area (Å²) < 4.78 is 0. The van der Waals surface area contributed by atoms with Gasteiger partial charge in [-0.25, -0.2) is 0 Å². The molecule has 2 heteroatoms. The highest BCUT2D eigenvalue weighted by Crippen LogP contribution is 2.25. The largest absolute Gasteiger partial charge is 0.306 e. The van der Waals surface area contributed by atoms with Gasteiger partial charge in [0, 0.05) is 12.6 Å². The molecule has 2 rings (SSSR count). The minimum Gasteiger partial charge on any atom is -0.306 e. The van der Waals surface area contributed by atoms with Crippen molar-refractivity contribution in [2.75, 3.05) is 33.2 Å². The standard InChI is InChI=1S/C12H24N2/c1-3-11-4-9-14(10-11)12-5-7-13(2)8-6-12/h11-12H,3-10H2,1-2H3/t11-/m1/s1. The Morgan fingerprint density at radius 3 is 2.36 bits per heavy atom. The van der Waals surface area contributed by atoms with Crippen molar-refractivity contribution in [1.29, 1.82) is 0 Å². The summed E-state index contributed by atoms with van der Waals surface area (Å²) in [5, 5.41) is 0. The van der Waals surface area contributed by atoms with Gasteiger partial charge >= 0.3 is 0 Å². The Labute approximate surface area is 88.3 Å². The van der Waals surface area contributed by atoms with Gasteiger partial charge in [-0.15, -0.1) is 0 Å². The van der Waals surface area contributed by atoms with E-state index in [1.165, 1.54) is 51.9 Å². The van der Waals surface area contributed by atoms with Crippen LogP contribution in [0, 0.1) is 5.92 Å². The SMILES string of the molecule is CC[C@@H]1CCN(C2CCN(C)CC2)C1. The van der Waals surface area contributed by atoms with Gasteiger partial charge in [-0.05, 0) is 51.9 Å². The monoisotopic (exact) mass is 196 g/mol. The van der Waals surface area contributed by atoms with Crippen molar-refractivity contribution < 1.29 is 0 Å². The molecule has 2 saturated heterocycles. The molecule has 0 bridgehead atoms. The third kappa shape index (κ3) is 2.29. The summed E-state index contributed by atoms with van der Waals surface area (Å²) in [6.45, 7) is 7.69. The molecule has 0 aromatic rings. The van der Waals surface area contributed by atoms with E-state index in [0.717, 1.165) is 12.0 Å². The summed E-state index contributed by atoms with van der Waals surface area (Å²) in [5.74, 6) is 0.995. The maximum atomic E-state index is 2.75. The summed E-state index contributed by atoms with van der Waals surface area (Å²) in [5.41, 5.74) is 0. The normalized spacial score (nSPS) is 32.6. The van der Waals surface area contributed by atoms with E-state index >= 15 is 0 Å². The first-order valence-electron chi connectivity index (χ1n) is 6.22. The quantitative estimate of drug-likeness (QED) is 0.664. The molecule has 1 atom stereocenters. The number of rotatable bonds is 2. The van der Waals surface area contributed by atoms with E-state index in [1.807, 2.05) is 0 Å². The van der Waals surface area contributed by atoms with Crippen molar-refractivity contribution in [3.8, 4) is 0 Å². The third-order valence-electron chi connectivity index (χ3n) is 4.10. The zero-order chi connectivity index (χ0) is 9.97. The molecule has 2 nitrogen and oxygen atoms in total. The topological polar surface area (TPSA) is 6.48 Å². The highest BCUT2D eigenvalue weighted by atomic mass is 15.2. The predicted molar refractivity (Wildman–Crippen MR) is 60.5 cm³/mol. The molecule has 82 valence electrons. The molecule has 0 aliphatic carbocycles. The molecule has 0 spiro atoms. The predicted octanol–water partition coefficient (Wildman–Crippen LogP) is 1.81. The Balaban J connectivity index is 1.79. The van der Waals surface area contributed by atoms with Crippen molar-refractivity contribution in [3.05, 3.63) is 0 Å². The van der Waals surface area contributed by atoms with Gasteiger partial charge in [-0.2, -0.15) is 0 Å². The zero-order valence-corrected chi connectivity index (χ0v) is 9.71. The molecular weight excluding hydrogens is 172 g/mol. The number of nitrogens with zero attached hydrogens (tertiary/aromatic N) is 2. The van der Waals surface area contributed by atoms with Crippen LogP contribution in [0.15, 0.2) is 0 Å². The molecule has 0 radical (unpaired) electrons. The first kappa shape index (κ1) is 10.4. The van der Waals surface area contributed by atoms with Gasteiger partial charge in [0.1, 0.15) is 0 Å². The van der Waals surface area contributed by atoms with Gasteiger partial charge in [0.2, 0.25) is 0 Å². The van der Waals surface area contributed by atoms with E-state index in [2.05, 4.69) is 23.8 Å². The van der Waals surface area contributed by atoms with Crippen LogP contribution in [0.25, 0.3) is 0 Å². The van der Waals surface area contributed by atoms with Gasteiger partial charge in [0.05, 0.1) is 0 Å². The average Bonchev–Trinajstić information content (AvgIpc) is 2.67. The molecule has 2 aliphatic rings. The lowest BCUT2D eigenvalue weighted by atomic mass is 10.0. The molecule has 0 N–H and O–H groups in total. The van der Waals surface area contributed by atoms with E-state index in [4.69, 9.17) is 0 Å². The summed E-state index contributed by atoms with van der Waals surface area (Å²) >= 11 is 0. The number of piperidine rings is 1. The molecular formula is C12H24N2. The van der Waals surface area contributed by atoms with Crippen LogP contribution >= 0.6 is 0 Å². The summed E-state index contributed by atoms with van der Waals surface area (Å²) in [6.07, 6.45) is 5.62. The van der Waals surface area contributed by atoms with Gasteiger partial charge in [0.15, 0.2) is 0 Å². The van der Waals surface area contributed by atoms with Crippen LogP contribution in [0.1, 0.15) is 32.6 Å². The summed E-state index contributed by atoms with van der Waals surface area (Å²) in [7, 11) is 2.25. The van der Waals surface area contributed by atoms with E-state index in [-0.39, 0.29) is 0 Å². The van der Waals surface area contributed by atoms with Crippen LogP contribution < -0.4 is 0 Å². The molecule has 0 amide bonds. The van der Waals surface area contributed by atoms with Crippen LogP contribution in [-0.4, -0.2) is 49.1 Å². The van der Waals surface area contributed by atoms with E-state index < -0.39 is 0 Å². The molecule has 0 aromatic heterocycles. The summed E-state index contributed by atoms with van der Waals surface area (Å²) in [6, 6.07) is 0.905. The Bertz CT molecular complexity index is 173. The first-order chi connectivity index (χ1) is 6.79. The molecule has 2 aliphatic heterocycles. The smallest absolute Gasteiger partial charge is 0.0120 e. The first-order valence-corrected chi connectivity index (χ1v) is 6.22. The highest BCUT2D eigenvalue weighted by Gasteiger charge is 2.28. The lowest BCUT2D eigenvalue weighted by Crippen LogP contribution is -2.42. The second-order valence-corrected chi connectivity index (χ2v) is 5.09. The number of hydrogen-bond donors (Lipinski definition) is 0. The van der Waals surface area contributed by atoms with Crippen molar-refractivity contribution in [1.82, 2.24) is 9.80 Å². The Morgan fingerprint density at radius 1 is 1.07 bits per heavy atom. The fourth-order valence-electron chi connectivity index (χ4n) is 2.89. The van der Waals surface area contributed by atoms with Crippen molar-refractivity contribution in [2.24, 2.45) is 5.92 Å². The molecule has 14 heavy (non-hydrogen) atoms. The second kappa shape index (κ2) is 4.63. The van der Waals surface area contributed by atoms with E-state index in [0.29, 0.717) is 0 Å². The minimum absolute atomic E-state index is 0.905. The molecule has 2 fully saturated rings. The molecule has 2 heterocycles. The van der Waals surface area contributed by atoms with E-state index in [1.54, 1.807) is 0 Å². The van der Waals surface area contributed by atoms with Gasteiger partial charge in [-0.3, -0.25) is 0 Å². The fraction of sp³-hybridized carbons (Fsp3) is 1.00. The Hall–Kier alpha value is -0.0800. The minimum atomic E-state index is 0.905. The highest BCUT2D eigenvalue weighted by molar-refractivity contribution is 4.84.